The maximum Gasteiger partial charge on any atom is 0.416 e. The van der Waals surface area contributed by atoms with Gasteiger partial charge in [0.15, 0.2) is 5.54 Å². The van der Waals surface area contributed by atoms with Gasteiger partial charge in [-0.1, -0.05) is 56.6 Å². The van der Waals surface area contributed by atoms with Gasteiger partial charge in [-0.05, 0) is 78.3 Å². The number of hydrogen-bond acceptors (Lipinski definition) is 5. The van der Waals surface area contributed by atoms with Crippen molar-refractivity contribution in [2.45, 2.75) is 83.0 Å². The molecule has 5 atom stereocenters. The quantitative estimate of drug-likeness (QED) is 0.107. The molecule has 232 valence electrons. The van der Waals surface area contributed by atoms with Crippen LogP contribution in [-0.4, -0.2) is 23.6 Å². The number of rotatable bonds is 6. The largest absolute Gasteiger partial charge is 0.461 e. The Bertz CT molecular complexity index is 1390. The van der Waals surface area contributed by atoms with E-state index in [0.717, 1.165) is 12.8 Å². The Hall–Kier alpha value is -3.73. The number of hydrogen-bond donors (Lipinski definition) is 0. The predicted octanol–water partition coefficient (Wildman–Crippen LogP) is 8.62. The lowest BCUT2D eigenvalue weighted by Crippen LogP contribution is -2.50. The number of carbonyl (C=O) groups is 2. The zero-order chi connectivity index (χ0) is 31.7. The monoisotopic (exact) mass is 611 g/mol. The Balaban J connectivity index is 1.78. The third kappa shape index (κ3) is 6.76. The summed E-state index contributed by atoms with van der Waals surface area (Å²) in [5.74, 6) is -2.12. The van der Waals surface area contributed by atoms with Gasteiger partial charge >= 0.3 is 24.3 Å². The maximum absolute atomic E-state index is 14.0. The lowest BCUT2D eigenvalue weighted by atomic mass is 9.74. The van der Waals surface area contributed by atoms with E-state index in [4.69, 9.17) is 9.47 Å². The number of carbonyl (C=O) groups excluding carboxylic acids is 2. The van der Waals surface area contributed by atoms with E-state index in [1.54, 1.807) is 18.2 Å². The Labute approximate surface area is 244 Å². The SMILES string of the molecule is CC(C)[C@H]1CC[C@H](C)C[C@@H]1OC(=O)[C@@]1(N=[N+]=[N-])CCc2ccccc2[C@@H]1OC(=O)c1cc(C(F)(F)F)cc(C(F)(F)F)c1. The summed E-state index contributed by atoms with van der Waals surface area (Å²) >= 11 is 0. The summed E-state index contributed by atoms with van der Waals surface area (Å²) in [5.41, 5.74) is 3.78. The topological polar surface area (TPSA) is 101 Å². The highest BCUT2D eigenvalue weighted by atomic mass is 19.4. The molecule has 0 aliphatic heterocycles. The number of alkyl halides is 6. The van der Waals surface area contributed by atoms with Gasteiger partial charge < -0.3 is 9.47 Å². The van der Waals surface area contributed by atoms with Crippen LogP contribution in [0.3, 0.4) is 0 Å². The highest BCUT2D eigenvalue weighted by Crippen LogP contribution is 2.46. The number of halogens is 6. The van der Waals surface area contributed by atoms with Crippen LogP contribution in [0.4, 0.5) is 26.3 Å². The Morgan fingerprint density at radius 3 is 2.21 bits per heavy atom. The van der Waals surface area contributed by atoms with Crippen LogP contribution >= 0.6 is 0 Å². The van der Waals surface area contributed by atoms with E-state index in [2.05, 4.69) is 10.0 Å². The molecule has 0 heterocycles. The summed E-state index contributed by atoms with van der Waals surface area (Å²) in [4.78, 5) is 30.2. The maximum atomic E-state index is 14.0. The fourth-order valence-corrected chi connectivity index (χ4v) is 6.06. The molecule has 0 amide bonds. The van der Waals surface area contributed by atoms with Crippen molar-refractivity contribution in [1.29, 1.82) is 0 Å². The molecule has 2 aromatic carbocycles. The molecule has 0 unspecified atom stereocenters. The Morgan fingerprint density at radius 1 is 1.00 bits per heavy atom. The number of esters is 2. The second-order valence-corrected chi connectivity index (χ2v) is 11.7. The summed E-state index contributed by atoms with van der Waals surface area (Å²) in [7, 11) is 0. The molecule has 2 aliphatic carbocycles. The molecule has 0 radical (unpaired) electrons. The Kier molecular flexibility index (Phi) is 9.06. The van der Waals surface area contributed by atoms with E-state index >= 15 is 0 Å². The zero-order valence-corrected chi connectivity index (χ0v) is 23.7. The summed E-state index contributed by atoms with van der Waals surface area (Å²) in [6.07, 6.45) is -10.3. The van der Waals surface area contributed by atoms with Crippen LogP contribution in [0.1, 0.15) is 85.2 Å². The van der Waals surface area contributed by atoms with Gasteiger partial charge in [-0.15, -0.1) is 0 Å². The molecule has 0 bridgehead atoms. The molecule has 0 aromatic heterocycles. The van der Waals surface area contributed by atoms with Crippen LogP contribution in [0.5, 0.6) is 0 Å². The highest BCUT2D eigenvalue weighted by Gasteiger charge is 2.54. The fourth-order valence-electron chi connectivity index (χ4n) is 6.06. The first-order chi connectivity index (χ1) is 20.1. The van der Waals surface area contributed by atoms with Crippen LogP contribution in [0.2, 0.25) is 0 Å². The van der Waals surface area contributed by atoms with E-state index in [9.17, 15) is 41.5 Å². The van der Waals surface area contributed by atoms with Crippen LogP contribution in [0, 0.1) is 17.8 Å². The number of ether oxygens (including phenoxy) is 2. The van der Waals surface area contributed by atoms with Crippen LogP contribution in [0.15, 0.2) is 47.6 Å². The van der Waals surface area contributed by atoms with E-state index in [0.29, 0.717) is 12.0 Å². The minimum absolute atomic E-state index is 0.00559. The van der Waals surface area contributed by atoms with Crippen LogP contribution in [-0.2, 0) is 33.0 Å². The van der Waals surface area contributed by atoms with Crippen molar-refractivity contribution in [2.75, 3.05) is 0 Å². The van der Waals surface area contributed by atoms with Crippen molar-refractivity contribution >= 4 is 11.9 Å². The normalized spacial score (nSPS) is 25.8. The minimum atomic E-state index is -5.20. The van der Waals surface area contributed by atoms with Crippen LogP contribution < -0.4 is 0 Å². The summed E-state index contributed by atoms with van der Waals surface area (Å²) in [5, 5.41) is 3.78. The number of benzene rings is 2. The minimum Gasteiger partial charge on any atom is -0.461 e. The van der Waals surface area contributed by atoms with Gasteiger partial charge in [-0.2, -0.15) is 26.3 Å². The number of aryl methyl sites for hydroxylation is 1. The molecule has 0 saturated heterocycles. The van der Waals surface area contributed by atoms with Gasteiger partial charge in [0.1, 0.15) is 12.2 Å². The van der Waals surface area contributed by atoms with Gasteiger partial charge in [0.05, 0.1) is 16.7 Å². The molecule has 0 N–H and O–H groups in total. The molecule has 1 saturated carbocycles. The van der Waals surface area contributed by atoms with Gasteiger partial charge in [-0.25, -0.2) is 4.79 Å². The van der Waals surface area contributed by atoms with Gasteiger partial charge in [-0.3, -0.25) is 4.79 Å². The first-order valence-electron chi connectivity index (χ1n) is 13.9. The molecule has 0 spiro atoms. The van der Waals surface area contributed by atoms with Crippen molar-refractivity contribution in [1.82, 2.24) is 0 Å². The molecular formula is C30H31F6N3O4. The van der Waals surface area contributed by atoms with E-state index in [-0.39, 0.29) is 54.4 Å². The summed E-state index contributed by atoms with van der Waals surface area (Å²) in [6.45, 7) is 6.01. The van der Waals surface area contributed by atoms with E-state index in [1.807, 2.05) is 20.8 Å². The van der Waals surface area contributed by atoms with Gasteiger partial charge in [0, 0.05) is 4.91 Å². The average Bonchev–Trinajstić information content (AvgIpc) is 2.93. The number of fused-ring (bicyclic) bond motifs is 1. The third-order valence-corrected chi connectivity index (χ3v) is 8.39. The van der Waals surface area contributed by atoms with Crippen LogP contribution in [0.25, 0.3) is 10.4 Å². The van der Waals surface area contributed by atoms with Crippen molar-refractivity contribution in [3.63, 3.8) is 0 Å². The molecule has 2 aliphatic rings. The smallest absolute Gasteiger partial charge is 0.416 e. The standard InChI is InChI=1S/C30H31F6N3O4/c1-16(2)22-9-8-17(3)12-24(22)42-27(41)28(38-39-37)11-10-18-6-4-5-7-23(18)25(28)43-26(40)19-13-20(29(31,32)33)15-21(14-19)30(34,35)36/h4-7,13-17,22,24-25H,8-12H2,1-3H3/t17-,22+,24-,25-,28+/m0/s1. The highest BCUT2D eigenvalue weighted by molar-refractivity contribution is 5.91. The van der Waals surface area contributed by atoms with E-state index in [1.165, 1.54) is 6.07 Å². The molecule has 1 fully saturated rings. The molecular weight excluding hydrogens is 580 g/mol. The first-order valence-corrected chi connectivity index (χ1v) is 13.9. The van der Waals surface area contributed by atoms with E-state index < -0.39 is 58.7 Å². The molecule has 4 rings (SSSR count). The van der Waals surface area contributed by atoms with Gasteiger partial charge in [0.25, 0.3) is 0 Å². The molecule has 43 heavy (non-hydrogen) atoms. The van der Waals surface area contributed by atoms with Crippen molar-refractivity contribution in [3.8, 4) is 0 Å². The fraction of sp³-hybridized carbons (Fsp3) is 0.533. The van der Waals surface area contributed by atoms with Crippen molar-refractivity contribution in [3.05, 3.63) is 80.7 Å². The predicted molar refractivity (Wildman–Crippen MR) is 142 cm³/mol. The number of azide groups is 1. The molecule has 13 heteroatoms. The van der Waals surface area contributed by atoms with Gasteiger partial charge in [0.2, 0.25) is 0 Å². The molecule has 7 nitrogen and oxygen atoms in total. The summed E-state index contributed by atoms with van der Waals surface area (Å²) in [6, 6.07) is 6.79. The van der Waals surface area contributed by atoms with Crippen molar-refractivity contribution < 1.29 is 45.4 Å². The zero-order valence-electron chi connectivity index (χ0n) is 23.7. The Morgan fingerprint density at radius 2 is 1.63 bits per heavy atom. The average molecular weight is 612 g/mol. The number of nitrogens with zero attached hydrogens (tertiary/aromatic N) is 3. The second-order valence-electron chi connectivity index (χ2n) is 11.7. The lowest BCUT2D eigenvalue weighted by Gasteiger charge is -2.42. The third-order valence-electron chi connectivity index (χ3n) is 8.39. The molecule has 2 aromatic rings. The first kappa shape index (κ1) is 32.2. The van der Waals surface area contributed by atoms with Crippen molar-refractivity contribution in [2.24, 2.45) is 22.9 Å². The second kappa shape index (κ2) is 12.1. The summed E-state index contributed by atoms with van der Waals surface area (Å²) < 4.78 is 92.5. The lowest BCUT2D eigenvalue weighted by molar-refractivity contribution is -0.168.